The summed E-state index contributed by atoms with van der Waals surface area (Å²) in [6, 6.07) is 0. The van der Waals surface area contributed by atoms with E-state index < -0.39 is 11.5 Å². The first kappa shape index (κ1) is 18.4. The minimum absolute atomic E-state index is 0.0516. The lowest BCUT2D eigenvalue weighted by Gasteiger charge is -2.28. The van der Waals surface area contributed by atoms with E-state index in [0.717, 1.165) is 13.0 Å². The van der Waals surface area contributed by atoms with Gasteiger partial charge < -0.3 is 15.2 Å². The minimum atomic E-state index is -0.912. The van der Waals surface area contributed by atoms with Crippen LogP contribution in [-0.4, -0.2) is 36.4 Å². The lowest BCUT2D eigenvalue weighted by atomic mass is 9.95. The first-order valence-electron chi connectivity index (χ1n) is 7.43. The maximum absolute atomic E-state index is 11.2. The molecule has 0 aliphatic heterocycles. The minimum Gasteiger partial charge on any atom is -0.480 e. The van der Waals surface area contributed by atoms with E-state index >= 15 is 0 Å². The SMILES string of the molecule is CCCCC(CC)COC(C)CC(C)(NC)C(=O)O. The molecule has 3 atom stereocenters. The van der Waals surface area contributed by atoms with Gasteiger partial charge in [-0.3, -0.25) is 4.79 Å². The fourth-order valence-electron chi connectivity index (χ4n) is 2.13. The van der Waals surface area contributed by atoms with Crippen molar-refractivity contribution in [1.29, 1.82) is 0 Å². The number of hydrogen-bond acceptors (Lipinski definition) is 3. The van der Waals surface area contributed by atoms with Crippen LogP contribution in [0.15, 0.2) is 0 Å². The molecule has 0 aliphatic carbocycles. The lowest BCUT2D eigenvalue weighted by molar-refractivity contribution is -0.145. The van der Waals surface area contributed by atoms with Crippen molar-refractivity contribution in [2.45, 2.75) is 71.4 Å². The zero-order valence-electron chi connectivity index (χ0n) is 13.2. The monoisotopic (exact) mass is 273 g/mol. The van der Waals surface area contributed by atoms with Crippen molar-refractivity contribution < 1.29 is 14.6 Å². The Morgan fingerprint density at radius 3 is 2.47 bits per heavy atom. The van der Waals surface area contributed by atoms with Crippen LogP contribution in [0.1, 0.15) is 59.8 Å². The van der Waals surface area contributed by atoms with Crippen LogP contribution in [0, 0.1) is 5.92 Å². The third-order valence-electron chi connectivity index (χ3n) is 3.88. The van der Waals surface area contributed by atoms with Crippen molar-refractivity contribution >= 4 is 5.97 Å². The molecule has 0 bridgehead atoms. The molecule has 114 valence electrons. The van der Waals surface area contributed by atoms with Gasteiger partial charge in [0.1, 0.15) is 5.54 Å². The molecule has 0 radical (unpaired) electrons. The number of carboxylic acids is 1. The lowest BCUT2D eigenvalue weighted by Crippen LogP contribution is -2.49. The molecule has 19 heavy (non-hydrogen) atoms. The second-order valence-corrected chi connectivity index (χ2v) is 5.65. The van der Waals surface area contributed by atoms with Crippen molar-refractivity contribution in [3.8, 4) is 0 Å². The van der Waals surface area contributed by atoms with Crippen molar-refractivity contribution in [2.24, 2.45) is 5.92 Å². The molecular formula is C15H31NO3. The van der Waals surface area contributed by atoms with E-state index in [1.54, 1.807) is 14.0 Å². The largest absolute Gasteiger partial charge is 0.480 e. The molecule has 0 aromatic carbocycles. The zero-order chi connectivity index (χ0) is 14.9. The second kappa shape index (κ2) is 9.32. The van der Waals surface area contributed by atoms with Crippen LogP contribution in [0.25, 0.3) is 0 Å². The summed E-state index contributed by atoms with van der Waals surface area (Å²) in [4.78, 5) is 11.2. The highest BCUT2D eigenvalue weighted by Crippen LogP contribution is 2.18. The molecule has 4 heteroatoms. The summed E-state index contributed by atoms with van der Waals surface area (Å²) < 4.78 is 5.84. The molecule has 0 heterocycles. The Kier molecular flexibility index (Phi) is 9.02. The average molecular weight is 273 g/mol. The molecule has 0 spiro atoms. The predicted octanol–water partition coefficient (Wildman–Crippen LogP) is 3.06. The summed E-state index contributed by atoms with van der Waals surface area (Å²) in [6.07, 6.45) is 5.19. The Morgan fingerprint density at radius 1 is 1.42 bits per heavy atom. The smallest absolute Gasteiger partial charge is 0.323 e. The van der Waals surface area contributed by atoms with Gasteiger partial charge in [0.05, 0.1) is 6.10 Å². The van der Waals surface area contributed by atoms with Crippen LogP contribution >= 0.6 is 0 Å². The molecule has 0 rings (SSSR count). The van der Waals surface area contributed by atoms with E-state index in [4.69, 9.17) is 4.74 Å². The fraction of sp³-hybridized carbons (Fsp3) is 0.933. The summed E-state index contributed by atoms with van der Waals surface area (Å²) >= 11 is 0. The summed E-state index contributed by atoms with van der Waals surface area (Å²) in [7, 11) is 1.68. The van der Waals surface area contributed by atoms with Crippen LogP contribution in [0.3, 0.4) is 0 Å². The molecule has 0 aromatic rings. The normalized spacial score (nSPS) is 17.7. The number of unbranched alkanes of at least 4 members (excludes halogenated alkanes) is 1. The number of likely N-dealkylation sites (N-methyl/N-ethyl adjacent to an activating group) is 1. The first-order valence-corrected chi connectivity index (χ1v) is 7.43. The van der Waals surface area contributed by atoms with Gasteiger partial charge in [0, 0.05) is 13.0 Å². The van der Waals surface area contributed by atoms with Crippen molar-refractivity contribution in [2.75, 3.05) is 13.7 Å². The van der Waals surface area contributed by atoms with Crippen LogP contribution in [-0.2, 0) is 9.53 Å². The van der Waals surface area contributed by atoms with Gasteiger partial charge in [0.25, 0.3) is 0 Å². The summed E-state index contributed by atoms with van der Waals surface area (Å²) in [6.45, 7) is 8.76. The third kappa shape index (κ3) is 6.92. The van der Waals surface area contributed by atoms with Gasteiger partial charge in [-0.05, 0) is 33.2 Å². The maximum Gasteiger partial charge on any atom is 0.323 e. The highest BCUT2D eigenvalue weighted by molar-refractivity contribution is 5.78. The van der Waals surface area contributed by atoms with Crippen LogP contribution in [0.5, 0.6) is 0 Å². The number of aliphatic carboxylic acids is 1. The topological polar surface area (TPSA) is 58.6 Å². The molecule has 4 nitrogen and oxygen atoms in total. The van der Waals surface area contributed by atoms with Crippen molar-refractivity contribution in [3.05, 3.63) is 0 Å². The number of hydrogen-bond donors (Lipinski definition) is 2. The highest BCUT2D eigenvalue weighted by atomic mass is 16.5. The molecule has 0 fully saturated rings. The van der Waals surface area contributed by atoms with E-state index in [0.29, 0.717) is 12.3 Å². The van der Waals surface area contributed by atoms with Crippen LogP contribution in [0.4, 0.5) is 0 Å². The van der Waals surface area contributed by atoms with Gasteiger partial charge in [-0.1, -0.05) is 33.1 Å². The van der Waals surface area contributed by atoms with E-state index in [-0.39, 0.29) is 6.10 Å². The van der Waals surface area contributed by atoms with Gasteiger partial charge in [0.2, 0.25) is 0 Å². The van der Waals surface area contributed by atoms with Crippen LogP contribution < -0.4 is 5.32 Å². The average Bonchev–Trinajstić information content (AvgIpc) is 2.38. The second-order valence-electron chi connectivity index (χ2n) is 5.65. The predicted molar refractivity (Wildman–Crippen MR) is 78.4 cm³/mol. The molecule has 0 saturated carbocycles. The fourth-order valence-corrected chi connectivity index (χ4v) is 2.13. The number of ether oxygens (including phenoxy) is 1. The zero-order valence-corrected chi connectivity index (χ0v) is 13.2. The molecule has 3 unspecified atom stereocenters. The molecule has 0 amide bonds. The van der Waals surface area contributed by atoms with E-state index in [2.05, 4.69) is 19.2 Å². The van der Waals surface area contributed by atoms with E-state index in [9.17, 15) is 9.90 Å². The van der Waals surface area contributed by atoms with Crippen molar-refractivity contribution in [1.82, 2.24) is 5.32 Å². The van der Waals surface area contributed by atoms with Gasteiger partial charge in [-0.15, -0.1) is 0 Å². The molecule has 0 saturated heterocycles. The number of carboxylic acid groups (broad SMARTS) is 1. The standard InChI is InChI=1S/C15H31NO3/c1-6-8-9-13(7-2)11-19-12(3)10-15(4,16-5)14(17)18/h12-13,16H,6-11H2,1-5H3,(H,17,18). The Bertz CT molecular complexity index is 258. The number of rotatable bonds is 11. The number of carbonyl (C=O) groups is 1. The molecular weight excluding hydrogens is 242 g/mol. The first-order chi connectivity index (χ1) is 8.89. The Hall–Kier alpha value is -0.610. The van der Waals surface area contributed by atoms with E-state index in [1.807, 2.05) is 6.92 Å². The third-order valence-corrected chi connectivity index (χ3v) is 3.88. The van der Waals surface area contributed by atoms with Gasteiger partial charge in [0.15, 0.2) is 0 Å². The Morgan fingerprint density at radius 2 is 2.05 bits per heavy atom. The summed E-state index contributed by atoms with van der Waals surface area (Å²) in [5.41, 5.74) is -0.912. The maximum atomic E-state index is 11.2. The summed E-state index contributed by atoms with van der Waals surface area (Å²) in [5, 5.41) is 12.1. The van der Waals surface area contributed by atoms with Crippen LogP contribution in [0.2, 0.25) is 0 Å². The van der Waals surface area contributed by atoms with Crippen molar-refractivity contribution in [3.63, 3.8) is 0 Å². The van der Waals surface area contributed by atoms with E-state index in [1.165, 1.54) is 19.3 Å². The van der Waals surface area contributed by atoms with Gasteiger partial charge in [-0.25, -0.2) is 0 Å². The van der Waals surface area contributed by atoms with Gasteiger partial charge >= 0.3 is 5.97 Å². The molecule has 0 aliphatic rings. The molecule has 2 N–H and O–H groups in total. The highest BCUT2D eigenvalue weighted by Gasteiger charge is 2.33. The Balaban J connectivity index is 4.15. The molecule has 0 aromatic heterocycles. The number of nitrogens with one attached hydrogen (secondary N) is 1. The quantitative estimate of drug-likeness (QED) is 0.607. The summed E-state index contributed by atoms with van der Waals surface area (Å²) in [5.74, 6) is -0.239. The Labute approximate surface area is 117 Å². The van der Waals surface area contributed by atoms with Gasteiger partial charge in [-0.2, -0.15) is 0 Å².